The third-order valence-corrected chi connectivity index (χ3v) is 1.61. The second-order valence-corrected chi connectivity index (χ2v) is 2.56. The molecule has 0 aliphatic carbocycles. The van der Waals surface area contributed by atoms with Crippen LogP contribution in [0.15, 0.2) is 0 Å². The van der Waals surface area contributed by atoms with Crippen molar-refractivity contribution in [1.82, 2.24) is 0 Å². The van der Waals surface area contributed by atoms with E-state index in [-0.39, 0.29) is 18.5 Å². The molecule has 0 aliphatic rings. The highest BCUT2D eigenvalue weighted by Crippen LogP contribution is 2.04. The first-order valence-electron chi connectivity index (χ1n) is 3.99. The molecule has 0 aromatic rings. The predicted octanol–water partition coefficient (Wildman–Crippen LogP) is 2.76. The fourth-order valence-electron chi connectivity index (χ4n) is 0.834. The van der Waals surface area contributed by atoms with E-state index in [1.54, 1.807) is 0 Å². The summed E-state index contributed by atoms with van der Waals surface area (Å²) in [6.45, 7) is 4.20. The molecule has 0 aromatic heterocycles. The lowest BCUT2D eigenvalue weighted by atomic mass is 10.1. The number of hydrogen-bond donors (Lipinski definition) is 1. The quantitative estimate of drug-likeness (QED) is 0.623. The summed E-state index contributed by atoms with van der Waals surface area (Å²) in [5, 5.41) is 9.08. The number of rotatable bonds is 5. The summed E-state index contributed by atoms with van der Waals surface area (Å²) in [7, 11) is 0. The molecule has 0 radical (unpaired) electrons. The Labute approximate surface area is 70.2 Å². The molecule has 0 aromatic carbocycles. The average molecular weight is 167 g/mol. The molecular weight excluding hydrogens is 148 g/mol. The van der Waals surface area contributed by atoms with Gasteiger partial charge in [-0.1, -0.05) is 33.1 Å². The van der Waals surface area contributed by atoms with Crippen LogP contribution in [0.5, 0.6) is 0 Å². The SMILES string of the molecule is CCCCCC(O)CC.Cl. The van der Waals surface area contributed by atoms with Crippen molar-refractivity contribution < 1.29 is 5.11 Å². The average Bonchev–Trinajstić information content (AvgIpc) is 1.89. The van der Waals surface area contributed by atoms with Gasteiger partial charge in [-0.25, -0.2) is 0 Å². The molecule has 0 fully saturated rings. The van der Waals surface area contributed by atoms with Gasteiger partial charge in [0.2, 0.25) is 0 Å². The summed E-state index contributed by atoms with van der Waals surface area (Å²) in [5.74, 6) is 0. The minimum atomic E-state index is -0.0449. The standard InChI is InChI=1S/C8H18O.ClH/c1-3-5-6-7-8(9)4-2;/h8-9H,3-7H2,1-2H3;1H. The van der Waals surface area contributed by atoms with Crippen molar-refractivity contribution in [3.8, 4) is 0 Å². The smallest absolute Gasteiger partial charge is 0.0537 e. The predicted molar refractivity (Wildman–Crippen MR) is 47.7 cm³/mol. The molecule has 1 atom stereocenters. The van der Waals surface area contributed by atoms with Gasteiger partial charge in [0.1, 0.15) is 0 Å². The van der Waals surface area contributed by atoms with Gasteiger partial charge in [-0.3, -0.25) is 0 Å². The Morgan fingerprint density at radius 2 is 1.80 bits per heavy atom. The zero-order chi connectivity index (χ0) is 7.11. The van der Waals surface area contributed by atoms with Crippen molar-refractivity contribution in [2.24, 2.45) is 0 Å². The van der Waals surface area contributed by atoms with E-state index in [1.165, 1.54) is 19.3 Å². The lowest BCUT2D eigenvalue weighted by molar-refractivity contribution is 0.156. The van der Waals surface area contributed by atoms with Crippen LogP contribution in [0.3, 0.4) is 0 Å². The number of hydrogen-bond acceptors (Lipinski definition) is 1. The molecule has 10 heavy (non-hydrogen) atoms. The summed E-state index contributed by atoms with van der Waals surface area (Å²) in [4.78, 5) is 0. The maximum Gasteiger partial charge on any atom is 0.0537 e. The molecular formula is C8H19ClO. The van der Waals surface area contributed by atoms with Gasteiger partial charge in [-0.2, -0.15) is 0 Å². The maximum absolute atomic E-state index is 9.08. The topological polar surface area (TPSA) is 20.2 Å². The zero-order valence-electron chi connectivity index (χ0n) is 6.97. The molecule has 0 saturated heterocycles. The van der Waals surface area contributed by atoms with Crippen LogP contribution in [0, 0.1) is 0 Å². The van der Waals surface area contributed by atoms with Gasteiger partial charge < -0.3 is 5.11 Å². The van der Waals surface area contributed by atoms with Crippen molar-refractivity contribution in [2.45, 2.75) is 52.1 Å². The number of halogens is 1. The van der Waals surface area contributed by atoms with Gasteiger partial charge >= 0.3 is 0 Å². The second-order valence-electron chi connectivity index (χ2n) is 2.56. The summed E-state index contributed by atoms with van der Waals surface area (Å²) in [5.41, 5.74) is 0. The Morgan fingerprint density at radius 1 is 1.20 bits per heavy atom. The van der Waals surface area contributed by atoms with Crippen molar-refractivity contribution in [3.05, 3.63) is 0 Å². The number of aliphatic hydroxyl groups excluding tert-OH is 1. The molecule has 0 rings (SSSR count). The van der Waals surface area contributed by atoms with Gasteiger partial charge in [-0.05, 0) is 12.8 Å². The van der Waals surface area contributed by atoms with Gasteiger partial charge in [0.05, 0.1) is 6.10 Å². The Hall–Kier alpha value is 0.250. The van der Waals surface area contributed by atoms with E-state index in [0.717, 1.165) is 12.8 Å². The van der Waals surface area contributed by atoms with Crippen LogP contribution in [0.1, 0.15) is 46.0 Å². The molecule has 0 amide bonds. The molecule has 1 nitrogen and oxygen atoms in total. The van der Waals surface area contributed by atoms with E-state index in [2.05, 4.69) is 6.92 Å². The van der Waals surface area contributed by atoms with Crippen molar-refractivity contribution in [1.29, 1.82) is 0 Å². The van der Waals surface area contributed by atoms with E-state index in [4.69, 9.17) is 5.11 Å². The van der Waals surface area contributed by atoms with Crippen molar-refractivity contribution in [3.63, 3.8) is 0 Å². The van der Waals surface area contributed by atoms with Crippen molar-refractivity contribution >= 4 is 12.4 Å². The minimum Gasteiger partial charge on any atom is -0.393 e. The van der Waals surface area contributed by atoms with Crippen LogP contribution in [0.2, 0.25) is 0 Å². The normalized spacial score (nSPS) is 12.3. The van der Waals surface area contributed by atoms with Gasteiger partial charge in [-0.15, -0.1) is 12.4 Å². The molecule has 2 heteroatoms. The highest BCUT2D eigenvalue weighted by Gasteiger charge is 1.97. The number of aliphatic hydroxyl groups is 1. The fraction of sp³-hybridized carbons (Fsp3) is 1.00. The summed E-state index contributed by atoms with van der Waals surface area (Å²) in [6.07, 6.45) is 5.55. The van der Waals surface area contributed by atoms with Crippen molar-refractivity contribution in [2.75, 3.05) is 0 Å². The Kier molecular flexibility index (Phi) is 11.9. The van der Waals surface area contributed by atoms with E-state index in [9.17, 15) is 0 Å². The van der Waals surface area contributed by atoms with Crippen LogP contribution in [0.4, 0.5) is 0 Å². The van der Waals surface area contributed by atoms with E-state index < -0.39 is 0 Å². The Morgan fingerprint density at radius 3 is 2.20 bits per heavy atom. The third-order valence-electron chi connectivity index (χ3n) is 1.61. The van der Waals surface area contributed by atoms with Crippen LogP contribution in [-0.2, 0) is 0 Å². The fourth-order valence-corrected chi connectivity index (χ4v) is 0.834. The molecule has 0 heterocycles. The second kappa shape index (κ2) is 9.25. The molecule has 1 N–H and O–H groups in total. The lowest BCUT2D eigenvalue weighted by Crippen LogP contribution is -2.02. The molecule has 1 unspecified atom stereocenters. The molecule has 0 aliphatic heterocycles. The van der Waals surface area contributed by atoms with Crippen LogP contribution in [-0.4, -0.2) is 11.2 Å². The van der Waals surface area contributed by atoms with Crippen LogP contribution in [0.25, 0.3) is 0 Å². The highest BCUT2D eigenvalue weighted by molar-refractivity contribution is 5.85. The first-order valence-corrected chi connectivity index (χ1v) is 3.99. The van der Waals surface area contributed by atoms with E-state index in [0.29, 0.717) is 0 Å². The Bertz CT molecular complexity index is 57.2. The summed E-state index contributed by atoms with van der Waals surface area (Å²) >= 11 is 0. The largest absolute Gasteiger partial charge is 0.393 e. The molecule has 64 valence electrons. The van der Waals surface area contributed by atoms with Crippen LogP contribution < -0.4 is 0 Å². The first kappa shape index (κ1) is 12.9. The first-order chi connectivity index (χ1) is 4.31. The summed E-state index contributed by atoms with van der Waals surface area (Å²) < 4.78 is 0. The highest BCUT2D eigenvalue weighted by atomic mass is 35.5. The van der Waals surface area contributed by atoms with Gasteiger partial charge in [0.25, 0.3) is 0 Å². The minimum absolute atomic E-state index is 0. The number of unbranched alkanes of at least 4 members (excludes halogenated alkanes) is 2. The van der Waals surface area contributed by atoms with E-state index in [1.807, 2.05) is 6.92 Å². The van der Waals surface area contributed by atoms with Gasteiger partial charge in [0.15, 0.2) is 0 Å². The van der Waals surface area contributed by atoms with Crippen LogP contribution >= 0.6 is 12.4 Å². The lowest BCUT2D eigenvalue weighted by Gasteiger charge is -2.04. The summed E-state index contributed by atoms with van der Waals surface area (Å²) in [6, 6.07) is 0. The Balaban J connectivity index is 0. The maximum atomic E-state index is 9.08. The monoisotopic (exact) mass is 166 g/mol. The third kappa shape index (κ3) is 8.25. The zero-order valence-corrected chi connectivity index (χ0v) is 7.78. The molecule has 0 spiro atoms. The van der Waals surface area contributed by atoms with Gasteiger partial charge in [0, 0.05) is 0 Å². The van der Waals surface area contributed by atoms with E-state index >= 15 is 0 Å². The molecule has 0 bridgehead atoms. The molecule has 0 saturated carbocycles.